The van der Waals surface area contributed by atoms with Gasteiger partial charge in [-0.25, -0.2) is 10.8 Å². The second kappa shape index (κ2) is 5.71. The molecule has 104 valence electrons. The number of hydrogen-bond acceptors (Lipinski definition) is 4. The van der Waals surface area contributed by atoms with E-state index in [0.29, 0.717) is 11.4 Å². The molecular weight excluding hydrogens is 252 g/mol. The molecule has 5 heteroatoms. The van der Waals surface area contributed by atoms with E-state index >= 15 is 0 Å². The maximum atomic E-state index is 12.3. The smallest absolute Gasteiger partial charge is 0.259 e. The molecule has 2 aromatic rings. The molecule has 2 rings (SSSR count). The molecule has 0 bridgehead atoms. The largest absolute Gasteiger partial charge is 0.321 e. The van der Waals surface area contributed by atoms with Crippen molar-refractivity contribution in [1.82, 2.24) is 4.98 Å². The van der Waals surface area contributed by atoms with Gasteiger partial charge in [0.05, 0.1) is 5.56 Å². The number of nitrogens with two attached hydrogens (primary N) is 1. The summed E-state index contributed by atoms with van der Waals surface area (Å²) in [6.07, 6.45) is 1.58. The predicted octanol–water partition coefficient (Wildman–Crippen LogP) is 2.54. The normalized spacial score (nSPS) is 10.2. The molecule has 0 radical (unpaired) electrons. The molecule has 0 aliphatic carbocycles. The molecule has 1 amide bonds. The summed E-state index contributed by atoms with van der Waals surface area (Å²) in [7, 11) is 0. The van der Waals surface area contributed by atoms with Crippen molar-refractivity contribution in [3.8, 4) is 0 Å². The molecule has 1 aromatic carbocycles. The Labute approximate surface area is 118 Å². The van der Waals surface area contributed by atoms with E-state index in [1.807, 2.05) is 32.9 Å². The van der Waals surface area contributed by atoms with E-state index in [1.165, 1.54) is 5.56 Å². The highest BCUT2D eigenvalue weighted by atomic mass is 16.1. The van der Waals surface area contributed by atoms with Crippen LogP contribution in [0.4, 0.5) is 11.5 Å². The number of rotatable bonds is 3. The number of anilines is 2. The lowest BCUT2D eigenvalue weighted by Crippen LogP contribution is -2.19. The summed E-state index contributed by atoms with van der Waals surface area (Å²) in [5.74, 6) is 5.49. The summed E-state index contributed by atoms with van der Waals surface area (Å²) >= 11 is 0. The molecule has 0 saturated carbocycles. The van der Waals surface area contributed by atoms with E-state index in [2.05, 4.69) is 15.7 Å². The van der Waals surface area contributed by atoms with Gasteiger partial charge in [0.1, 0.15) is 0 Å². The highest BCUT2D eigenvalue weighted by molar-refractivity contribution is 6.08. The fraction of sp³-hybridized carbons (Fsp3) is 0.200. The third-order valence-electron chi connectivity index (χ3n) is 3.10. The second-order valence-electron chi connectivity index (χ2n) is 4.77. The number of pyridine rings is 1. The first-order valence-electron chi connectivity index (χ1n) is 6.33. The molecule has 0 atom stereocenters. The fourth-order valence-corrected chi connectivity index (χ4v) is 2.26. The lowest BCUT2D eigenvalue weighted by atomic mass is 10.0. The van der Waals surface area contributed by atoms with E-state index in [1.54, 1.807) is 18.3 Å². The number of nitrogen functional groups attached to an aromatic ring is 1. The van der Waals surface area contributed by atoms with Gasteiger partial charge in [0.15, 0.2) is 5.82 Å². The number of nitrogens with zero attached hydrogens (tertiary/aromatic N) is 1. The van der Waals surface area contributed by atoms with Gasteiger partial charge >= 0.3 is 0 Å². The number of hydrogen-bond donors (Lipinski definition) is 3. The number of carbonyl (C=O) groups is 1. The van der Waals surface area contributed by atoms with Gasteiger partial charge in [-0.2, -0.15) is 0 Å². The summed E-state index contributed by atoms with van der Waals surface area (Å²) in [5.41, 5.74) is 6.90. The molecule has 1 aromatic heterocycles. The summed E-state index contributed by atoms with van der Waals surface area (Å²) in [6.45, 7) is 5.98. The van der Waals surface area contributed by atoms with Gasteiger partial charge in [0.25, 0.3) is 5.91 Å². The maximum absolute atomic E-state index is 12.3. The van der Waals surface area contributed by atoms with Crippen molar-refractivity contribution in [2.45, 2.75) is 20.8 Å². The number of benzene rings is 1. The van der Waals surface area contributed by atoms with Gasteiger partial charge in [-0.15, -0.1) is 0 Å². The van der Waals surface area contributed by atoms with Crippen molar-refractivity contribution in [2.24, 2.45) is 5.84 Å². The quantitative estimate of drug-likeness (QED) is 0.591. The topological polar surface area (TPSA) is 80.0 Å². The van der Waals surface area contributed by atoms with Crippen LogP contribution in [-0.4, -0.2) is 10.9 Å². The predicted molar refractivity (Wildman–Crippen MR) is 80.7 cm³/mol. The van der Waals surface area contributed by atoms with Gasteiger partial charge in [0, 0.05) is 11.9 Å². The molecule has 0 spiro atoms. The van der Waals surface area contributed by atoms with Gasteiger partial charge < -0.3 is 10.7 Å². The van der Waals surface area contributed by atoms with E-state index in [9.17, 15) is 4.79 Å². The van der Waals surface area contributed by atoms with Crippen LogP contribution in [0.25, 0.3) is 0 Å². The van der Waals surface area contributed by atoms with Crippen LogP contribution >= 0.6 is 0 Å². The van der Waals surface area contributed by atoms with Gasteiger partial charge in [-0.05, 0) is 44.0 Å². The lowest BCUT2D eigenvalue weighted by Gasteiger charge is -2.14. The van der Waals surface area contributed by atoms with E-state index in [-0.39, 0.29) is 5.91 Å². The lowest BCUT2D eigenvalue weighted by molar-refractivity contribution is 0.102. The first-order valence-corrected chi connectivity index (χ1v) is 6.33. The first-order chi connectivity index (χ1) is 9.52. The minimum Gasteiger partial charge on any atom is -0.321 e. The Morgan fingerprint density at radius 3 is 2.45 bits per heavy atom. The number of carbonyl (C=O) groups excluding carboxylic acids is 1. The van der Waals surface area contributed by atoms with Gasteiger partial charge in [-0.1, -0.05) is 17.7 Å². The average Bonchev–Trinajstić information content (AvgIpc) is 2.42. The SMILES string of the molecule is Cc1cc(C)c(NC(=O)c2cccnc2NN)c(C)c1. The summed E-state index contributed by atoms with van der Waals surface area (Å²) < 4.78 is 0. The van der Waals surface area contributed by atoms with E-state index in [0.717, 1.165) is 16.8 Å². The molecule has 0 fully saturated rings. The third kappa shape index (κ3) is 2.78. The van der Waals surface area contributed by atoms with E-state index < -0.39 is 0 Å². The zero-order valence-electron chi connectivity index (χ0n) is 11.8. The Kier molecular flexibility index (Phi) is 4.00. The Hall–Kier alpha value is -2.40. The molecule has 4 N–H and O–H groups in total. The fourth-order valence-electron chi connectivity index (χ4n) is 2.26. The Morgan fingerprint density at radius 1 is 1.20 bits per heavy atom. The van der Waals surface area contributed by atoms with Crippen molar-refractivity contribution in [2.75, 3.05) is 10.7 Å². The van der Waals surface area contributed by atoms with Crippen molar-refractivity contribution >= 4 is 17.4 Å². The van der Waals surface area contributed by atoms with Crippen LogP contribution in [0.3, 0.4) is 0 Å². The molecule has 0 saturated heterocycles. The van der Waals surface area contributed by atoms with Crippen molar-refractivity contribution in [3.63, 3.8) is 0 Å². The Bertz CT molecular complexity index is 629. The molecule has 0 aliphatic heterocycles. The van der Waals surface area contributed by atoms with Crippen LogP contribution < -0.4 is 16.6 Å². The standard InChI is InChI=1S/C15H18N4O/c1-9-7-10(2)13(11(3)8-9)18-15(20)12-5-4-6-17-14(12)19-16/h4-8H,16H2,1-3H3,(H,17,19)(H,18,20). The third-order valence-corrected chi connectivity index (χ3v) is 3.10. The van der Waals surface area contributed by atoms with Crippen LogP contribution in [0.1, 0.15) is 27.0 Å². The maximum Gasteiger partial charge on any atom is 0.259 e. The summed E-state index contributed by atoms with van der Waals surface area (Å²) in [6, 6.07) is 7.45. The van der Waals surface area contributed by atoms with Gasteiger partial charge in [0.2, 0.25) is 0 Å². The van der Waals surface area contributed by atoms with Crippen LogP contribution in [0, 0.1) is 20.8 Å². The molecular formula is C15H18N4O. The molecule has 0 unspecified atom stereocenters. The van der Waals surface area contributed by atoms with Crippen molar-refractivity contribution < 1.29 is 4.79 Å². The van der Waals surface area contributed by atoms with Crippen LogP contribution in [-0.2, 0) is 0 Å². The van der Waals surface area contributed by atoms with Gasteiger partial charge in [-0.3, -0.25) is 4.79 Å². The monoisotopic (exact) mass is 270 g/mol. The molecule has 1 heterocycles. The van der Waals surface area contributed by atoms with Crippen LogP contribution in [0.2, 0.25) is 0 Å². The van der Waals surface area contributed by atoms with Crippen LogP contribution in [0.15, 0.2) is 30.5 Å². The zero-order chi connectivity index (χ0) is 14.7. The number of aromatic nitrogens is 1. The molecule has 20 heavy (non-hydrogen) atoms. The first kappa shape index (κ1) is 14.0. The molecule has 0 aliphatic rings. The highest BCUT2D eigenvalue weighted by Gasteiger charge is 2.14. The Morgan fingerprint density at radius 2 is 1.85 bits per heavy atom. The minimum absolute atomic E-state index is 0.235. The zero-order valence-corrected chi connectivity index (χ0v) is 11.8. The summed E-state index contributed by atoms with van der Waals surface area (Å²) in [5, 5.41) is 2.92. The number of aryl methyl sites for hydroxylation is 3. The second-order valence-corrected chi connectivity index (χ2v) is 4.77. The van der Waals surface area contributed by atoms with Crippen LogP contribution in [0.5, 0.6) is 0 Å². The molecule has 5 nitrogen and oxygen atoms in total. The minimum atomic E-state index is -0.235. The number of amides is 1. The average molecular weight is 270 g/mol. The van der Waals surface area contributed by atoms with Crippen molar-refractivity contribution in [3.05, 3.63) is 52.7 Å². The van der Waals surface area contributed by atoms with E-state index in [4.69, 9.17) is 5.84 Å². The number of hydrazine groups is 1. The highest BCUT2D eigenvalue weighted by Crippen LogP contribution is 2.23. The summed E-state index contributed by atoms with van der Waals surface area (Å²) in [4.78, 5) is 16.4. The van der Waals surface area contributed by atoms with Crippen molar-refractivity contribution in [1.29, 1.82) is 0 Å². The number of nitrogens with one attached hydrogen (secondary N) is 2. The Balaban J connectivity index is 2.33.